The smallest absolute Gasteiger partial charge is 0.356 e. The molecule has 4 rings (SSSR count). The van der Waals surface area contributed by atoms with Gasteiger partial charge in [0, 0.05) is 19.2 Å². The van der Waals surface area contributed by atoms with Crippen molar-refractivity contribution in [3.63, 3.8) is 0 Å². The van der Waals surface area contributed by atoms with Gasteiger partial charge in [-0.15, -0.1) is 0 Å². The molecule has 2 fully saturated rings. The summed E-state index contributed by atoms with van der Waals surface area (Å²) in [5.74, 6) is 1.44. The average molecular weight is 311 g/mol. The van der Waals surface area contributed by atoms with Gasteiger partial charge in [0.05, 0.1) is 5.69 Å². The van der Waals surface area contributed by atoms with E-state index in [-0.39, 0.29) is 5.69 Å². The van der Waals surface area contributed by atoms with E-state index in [1.54, 1.807) is 10.7 Å². The average Bonchev–Trinajstić information content (AvgIpc) is 3.48. The Bertz CT molecular complexity index is 688. The van der Waals surface area contributed by atoms with Crippen LogP contribution in [0.1, 0.15) is 36.2 Å². The van der Waals surface area contributed by atoms with E-state index in [1.165, 1.54) is 25.7 Å². The maximum Gasteiger partial charge on any atom is 0.356 e. The van der Waals surface area contributed by atoms with E-state index in [4.69, 9.17) is 0 Å². The highest BCUT2D eigenvalue weighted by Gasteiger charge is 2.31. The number of anilines is 1. The predicted octanol–water partition coefficient (Wildman–Crippen LogP) is 3.20. The van der Waals surface area contributed by atoms with Crippen molar-refractivity contribution in [2.24, 2.45) is 11.8 Å². The molecule has 0 atom stereocenters. The van der Waals surface area contributed by atoms with Crippen molar-refractivity contribution in [1.82, 2.24) is 9.78 Å². The molecule has 2 aliphatic rings. The van der Waals surface area contributed by atoms with E-state index in [1.807, 2.05) is 30.3 Å². The molecule has 5 heteroatoms. The number of aromatic nitrogens is 2. The summed E-state index contributed by atoms with van der Waals surface area (Å²) < 4.78 is 1.79. The van der Waals surface area contributed by atoms with E-state index >= 15 is 0 Å². The molecule has 5 nitrogen and oxygen atoms in total. The largest absolute Gasteiger partial charge is 0.476 e. The third-order valence-electron chi connectivity index (χ3n) is 4.59. The maximum atomic E-state index is 11.4. The van der Waals surface area contributed by atoms with Crippen molar-refractivity contribution in [2.75, 3.05) is 18.0 Å². The standard InChI is InChI=1S/C18H21N3O2/c22-18(23)16-10-17(21(19-16)15-4-2-1-3-5-15)20(11-13-6-7-13)12-14-8-9-14/h1-5,10,13-14H,6-9,11-12H2,(H,22,23). The number of para-hydroxylation sites is 1. The van der Waals surface area contributed by atoms with Crippen molar-refractivity contribution in [2.45, 2.75) is 25.7 Å². The molecule has 1 aromatic carbocycles. The highest BCUT2D eigenvalue weighted by atomic mass is 16.4. The lowest BCUT2D eigenvalue weighted by molar-refractivity contribution is 0.0690. The lowest BCUT2D eigenvalue weighted by atomic mass is 10.3. The Morgan fingerprint density at radius 2 is 1.74 bits per heavy atom. The summed E-state index contributed by atoms with van der Waals surface area (Å²) in [4.78, 5) is 13.7. The number of hydrogen-bond acceptors (Lipinski definition) is 3. The van der Waals surface area contributed by atoms with E-state index in [0.29, 0.717) is 0 Å². The maximum absolute atomic E-state index is 11.4. The fourth-order valence-electron chi connectivity index (χ4n) is 2.95. The van der Waals surface area contributed by atoms with Crippen molar-refractivity contribution < 1.29 is 9.90 Å². The molecule has 2 aliphatic carbocycles. The summed E-state index contributed by atoms with van der Waals surface area (Å²) in [5, 5.41) is 13.7. The van der Waals surface area contributed by atoms with Crippen LogP contribution in [0, 0.1) is 11.8 Å². The van der Waals surface area contributed by atoms with Crippen LogP contribution in [0.2, 0.25) is 0 Å². The number of benzene rings is 1. The lowest BCUT2D eigenvalue weighted by Crippen LogP contribution is -2.30. The van der Waals surface area contributed by atoms with Gasteiger partial charge in [0.2, 0.25) is 0 Å². The van der Waals surface area contributed by atoms with Crippen molar-refractivity contribution in [3.05, 3.63) is 42.1 Å². The SMILES string of the molecule is O=C(O)c1cc(N(CC2CC2)CC2CC2)n(-c2ccccc2)n1. The zero-order chi connectivity index (χ0) is 15.8. The molecule has 0 aliphatic heterocycles. The monoisotopic (exact) mass is 311 g/mol. The number of hydrogen-bond donors (Lipinski definition) is 1. The second-order valence-corrected chi connectivity index (χ2v) is 6.73. The number of carboxylic acid groups (broad SMARTS) is 1. The zero-order valence-electron chi connectivity index (χ0n) is 13.1. The molecule has 2 aromatic rings. The highest BCUT2D eigenvalue weighted by molar-refractivity contribution is 5.86. The van der Waals surface area contributed by atoms with Crippen LogP contribution in [-0.2, 0) is 0 Å². The molecule has 0 radical (unpaired) electrons. The normalized spacial score (nSPS) is 17.2. The van der Waals surface area contributed by atoms with Crippen molar-refractivity contribution in [1.29, 1.82) is 0 Å². The summed E-state index contributed by atoms with van der Waals surface area (Å²) >= 11 is 0. The number of carboxylic acids is 1. The van der Waals surface area contributed by atoms with Gasteiger partial charge < -0.3 is 10.0 Å². The first-order chi connectivity index (χ1) is 11.2. The molecular formula is C18H21N3O2. The summed E-state index contributed by atoms with van der Waals surface area (Å²) in [6, 6.07) is 11.5. The van der Waals surface area contributed by atoms with Crippen LogP contribution < -0.4 is 4.90 Å². The van der Waals surface area contributed by atoms with Crippen LogP contribution in [-0.4, -0.2) is 33.9 Å². The molecule has 2 saturated carbocycles. The van der Waals surface area contributed by atoms with Crippen LogP contribution in [0.25, 0.3) is 5.69 Å². The molecule has 0 bridgehead atoms. The van der Waals surface area contributed by atoms with Gasteiger partial charge in [0.1, 0.15) is 5.82 Å². The molecule has 0 amide bonds. The molecule has 1 N–H and O–H groups in total. The Labute approximate surface area is 135 Å². The minimum Gasteiger partial charge on any atom is -0.476 e. The summed E-state index contributed by atoms with van der Waals surface area (Å²) in [5.41, 5.74) is 1.02. The molecule has 0 unspecified atom stereocenters. The third kappa shape index (κ3) is 3.23. The van der Waals surface area contributed by atoms with Gasteiger partial charge in [-0.25, -0.2) is 9.48 Å². The Morgan fingerprint density at radius 3 is 2.26 bits per heavy atom. The minimum absolute atomic E-state index is 0.112. The van der Waals surface area contributed by atoms with Gasteiger partial charge in [-0.1, -0.05) is 18.2 Å². The quantitative estimate of drug-likeness (QED) is 0.853. The van der Waals surface area contributed by atoms with Gasteiger partial charge in [-0.05, 0) is 49.7 Å². The summed E-state index contributed by atoms with van der Waals surface area (Å²) in [7, 11) is 0. The molecular weight excluding hydrogens is 290 g/mol. The van der Waals surface area contributed by atoms with E-state index in [9.17, 15) is 9.90 Å². The van der Waals surface area contributed by atoms with Crippen LogP contribution in [0.15, 0.2) is 36.4 Å². The van der Waals surface area contributed by atoms with Crippen LogP contribution >= 0.6 is 0 Å². The van der Waals surface area contributed by atoms with E-state index in [2.05, 4.69) is 10.00 Å². The Balaban J connectivity index is 1.72. The third-order valence-corrected chi connectivity index (χ3v) is 4.59. The number of nitrogens with zero attached hydrogens (tertiary/aromatic N) is 3. The molecule has 23 heavy (non-hydrogen) atoms. The van der Waals surface area contributed by atoms with E-state index in [0.717, 1.165) is 36.4 Å². The minimum atomic E-state index is -0.973. The van der Waals surface area contributed by atoms with Gasteiger partial charge >= 0.3 is 5.97 Å². The zero-order valence-corrected chi connectivity index (χ0v) is 13.1. The van der Waals surface area contributed by atoms with Crippen molar-refractivity contribution in [3.8, 4) is 5.69 Å². The van der Waals surface area contributed by atoms with Crippen LogP contribution in [0.5, 0.6) is 0 Å². The van der Waals surface area contributed by atoms with E-state index < -0.39 is 5.97 Å². The highest BCUT2D eigenvalue weighted by Crippen LogP contribution is 2.36. The summed E-state index contributed by atoms with van der Waals surface area (Å²) in [6.45, 7) is 2.02. The fourth-order valence-corrected chi connectivity index (χ4v) is 2.95. The first-order valence-corrected chi connectivity index (χ1v) is 8.34. The first-order valence-electron chi connectivity index (χ1n) is 8.34. The van der Waals surface area contributed by atoms with Gasteiger partial charge in [0.25, 0.3) is 0 Å². The molecule has 0 saturated heterocycles. The second-order valence-electron chi connectivity index (χ2n) is 6.73. The topological polar surface area (TPSA) is 58.4 Å². The van der Waals surface area contributed by atoms with Crippen LogP contribution in [0.4, 0.5) is 5.82 Å². The molecule has 1 heterocycles. The van der Waals surface area contributed by atoms with Gasteiger partial charge in [-0.3, -0.25) is 0 Å². The molecule has 120 valence electrons. The number of carbonyl (C=O) groups is 1. The second kappa shape index (κ2) is 5.72. The Kier molecular flexibility index (Phi) is 3.56. The number of rotatable bonds is 7. The predicted molar refractivity (Wildman–Crippen MR) is 88.2 cm³/mol. The molecule has 0 spiro atoms. The number of aromatic carboxylic acids is 1. The van der Waals surface area contributed by atoms with Gasteiger partial charge in [-0.2, -0.15) is 5.10 Å². The molecule has 1 aromatic heterocycles. The Morgan fingerprint density at radius 1 is 1.13 bits per heavy atom. The van der Waals surface area contributed by atoms with Crippen LogP contribution in [0.3, 0.4) is 0 Å². The fraction of sp³-hybridized carbons (Fsp3) is 0.444. The Hall–Kier alpha value is -2.30. The van der Waals surface area contributed by atoms with Crippen molar-refractivity contribution >= 4 is 11.8 Å². The first kappa shape index (κ1) is 14.3. The lowest BCUT2D eigenvalue weighted by Gasteiger charge is -2.25. The van der Waals surface area contributed by atoms with Gasteiger partial charge in [0.15, 0.2) is 5.69 Å². The summed E-state index contributed by atoms with van der Waals surface area (Å²) in [6.07, 6.45) is 5.14.